The molecule has 0 radical (unpaired) electrons. The third kappa shape index (κ3) is 3.45. The number of hydrogen-bond donors (Lipinski definition) is 2. The molecule has 7 heteroatoms. The van der Waals surface area contributed by atoms with Crippen LogP contribution >= 0.6 is 0 Å². The van der Waals surface area contributed by atoms with Gasteiger partial charge in [-0.1, -0.05) is 12.1 Å². The fourth-order valence-corrected chi connectivity index (χ4v) is 1.74. The lowest BCUT2D eigenvalue weighted by Gasteiger charge is -2.06. The maximum atomic E-state index is 12.1. The number of rotatable bonds is 4. The molecule has 0 bridgehead atoms. The largest absolute Gasteiger partial charge is 0.465 e. The molecule has 3 N–H and O–H groups in total. The SMILES string of the molecule is COC(=O)c1cccc(C(=O)Nc2cccc(C(N)=O)n2)c1. The van der Waals surface area contributed by atoms with Crippen molar-refractivity contribution in [1.29, 1.82) is 0 Å². The first-order chi connectivity index (χ1) is 10.5. The lowest BCUT2D eigenvalue weighted by atomic mass is 10.1. The summed E-state index contributed by atoms with van der Waals surface area (Å²) >= 11 is 0. The van der Waals surface area contributed by atoms with Crippen LogP contribution in [0.3, 0.4) is 0 Å². The van der Waals surface area contributed by atoms with Crippen LogP contribution in [0.15, 0.2) is 42.5 Å². The highest BCUT2D eigenvalue weighted by molar-refractivity contribution is 6.05. The van der Waals surface area contributed by atoms with E-state index in [1.807, 2.05) is 0 Å². The lowest BCUT2D eigenvalue weighted by molar-refractivity contribution is 0.0600. The Morgan fingerprint density at radius 3 is 2.45 bits per heavy atom. The number of amides is 2. The number of nitrogens with two attached hydrogens (primary N) is 1. The van der Waals surface area contributed by atoms with Gasteiger partial charge in [0.15, 0.2) is 0 Å². The standard InChI is InChI=1S/C15H13N3O4/c1-22-15(21)10-5-2-4-9(8-10)14(20)18-12-7-3-6-11(17-12)13(16)19/h2-8H,1H3,(H2,16,19)(H,17,18,20). The van der Waals surface area contributed by atoms with E-state index in [1.54, 1.807) is 18.2 Å². The summed E-state index contributed by atoms with van der Waals surface area (Å²) in [5, 5.41) is 2.53. The van der Waals surface area contributed by atoms with Crippen LogP contribution in [-0.2, 0) is 4.74 Å². The van der Waals surface area contributed by atoms with Gasteiger partial charge < -0.3 is 15.8 Å². The Balaban J connectivity index is 2.20. The van der Waals surface area contributed by atoms with Gasteiger partial charge in [0.05, 0.1) is 12.7 Å². The van der Waals surface area contributed by atoms with E-state index in [4.69, 9.17) is 5.73 Å². The van der Waals surface area contributed by atoms with Crippen molar-refractivity contribution in [2.24, 2.45) is 5.73 Å². The molecule has 2 rings (SSSR count). The number of benzene rings is 1. The number of ether oxygens (including phenoxy) is 1. The average Bonchev–Trinajstić information content (AvgIpc) is 2.54. The van der Waals surface area contributed by atoms with Crippen molar-refractivity contribution in [3.8, 4) is 0 Å². The van der Waals surface area contributed by atoms with Crippen LogP contribution in [0.1, 0.15) is 31.2 Å². The number of pyridine rings is 1. The summed E-state index contributed by atoms with van der Waals surface area (Å²) in [4.78, 5) is 38.6. The zero-order chi connectivity index (χ0) is 16.1. The second kappa shape index (κ2) is 6.49. The topological polar surface area (TPSA) is 111 Å². The number of methoxy groups -OCH3 is 1. The smallest absolute Gasteiger partial charge is 0.337 e. The highest BCUT2D eigenvalue weighted by atomic mass is 16.5. The van der Waals surface area contributed by atoms with Gasteiger partial charge >= 0.3 is 5.97 Å². The molecule has 22 heavy (non-hydrogen) atoms. The van der Waals surface area contributed by atoms with E-state index in [9.17, 15) is 14.4 Å². The minimum atomic E-state index is -0.691. The van der Waals surface area contributed by atoms with E-state index in [-0.39, 0.29) is 22.6 Å². The first kappa shape index (κ1) is 15.2. The Bertz CT molecular complexity index is 743. The van der Waals surface area contributed by atoms with Crippen LogP contribution < -0.4 is 11.1 Å². The number of primary amides is 1. The molecule has 1 aromatic carbocycles. The Morgan fingerprint density at radius 1 is 1.09 bits per heavy atom. The summed E-state index contributed by atoms with van der Waals surface area (Å²) < 4.78 is 4.60. The van der Waals surface area contributed by atoms with Crippen molar-refractivity contribution in [2.75, 3.05) is 12.4 Å². The first-order valence-corrected chi connectivity index (χ1v) is 6.28. The lowest BCUT2D eigenvalue weighted by Crippen LogP contribution is -2.17. The Labute approximate surface area is 126 Å². The molecular formula is C15H13N3O4. The average molecular weight is 299 g/mol. The number of aromatic nitrogens is 1. The molecule has 0 fully saturated rings. The molecule has 0 atom stereocenters. The van der Waals surface area contributed by atoms with Crippen LogP contribution in [0.4, 0.5) is 5.82 Å². The van der Waals surface area contributed by atoms with Gasteiger partial charge in [-0.25, -0.2) is 9.78 Å². The van der Waals surface area contributed by atoms with Crippen molar-refractivity contribution in [2.45, 2.75) is 0 Å². The monoisotopic (exact) mass is 299 g/mol. The Hall–Kier alpha value is -3.22. The third-order valence-electron chi connectivity index (χ3n) is 2.79. The molecule has 0 aliphatic heterocycles. The highest BCUT2D eigenvalue weighted by Crippen LogP contribution is 2.10. The zero-order valence-corrected chi connectivity index (χ0v) is 11.7. The molecule has 7 nitrogen and oxygen atoms in total. The minimum absolute atomic E-state index is 0.0427. The van der Waals surface area contributed by atoms with Crippen molar-refractivity contribution < 1.29 is 19.1 Å². The van der Waals surface area contributed by atoms with Crippen molar-refractivity contribution in [1.82, 2.24) is 4.98 Å². The Kier molecular flexibility index (Phi) is 4.47. The number of hydrogen-bond acceptors (Lipinski definition) is 5. The first-order valence-electron chi connectivity index (χ1n) is 6.28. The number of anilines is 1. The highest BCUT2D eigenvalue weighted by Gasteiger charge is 2.12. The molecule has 0 saturated heterocycles. The van der Waals surface area contributed by atoms with E-state index in [0.29, 0.717) is 0 Å². The van der Waals surface area contributed by atoms with Crippen LogP contribution in [0.5, 0.6) is 0 Å². The molecule has 1 heterocycles. The van der Waals surface area contributed by atoms with Gasteiger partial charge in [0.2, 0.25) is 0 Å². The molecule has 2 aromatic rings. The number of nitrogens with one attached hydrogen (secondary N) is 1. The summed E-state index contributed by atoms with van der Waals surface area (Å²) in [6.45, 7) is 0. The van der Waals surface area contributed by atoms with E-state index in [0.717, 1.165) is 0 Å². The Morgan fingerprint density at radius 2 is 1.77 bits per heavy atom. The van der Waals surface area contributed by atoms with E-state index in [2.05, 4.69) is 15.0 Å². The summed E-state index contributed by atoms with van der Waals surface area (Å²) in [6.07, 6.45) is 0. The van der Waals surface area contributed by atoms with Crippen LogP contribution in [0, 0.1) is 0 Å². The number of carbonyl (C=O) groups is 3. The number of nitrogens with zero attached hydrogens (tertiary/aromatic N) is 1. The third-order valence-corrected chi connectivity index (χ3v) is 2.79. The van der Waals surface area contributed by atoms with Crippen molar-refractivity contribution in [3.63, 3.8) is 0 Å². The molecule has 0 unspecified atom stereocenters. The molecule has 0 saturated carbocycles. The van der Waals surface area contributed by atoms with E-state index in [1.165, 1.54) is 31.4 Å². The van der Waals surface area contributed by atoms with Gasteiger partial charge in [-0.3, -0.25) is 9.59 Å². The molecule has 1 aromatic heterocycles. The molecule has 0 aliphatic carbocycles. The minimum Gasteiger partial charge on any atom is -0.465 e. The van der Waals surface area contributed by atoms with E-state index < -0.39 is 17.8 Å². The second-order valence-corrected chi connectivity index (χ2v) is 4.30. The second-order valence-electron chi connectivity index (χ2n) is 4.30. The maximum Gasteiger partial charge on any atom is 0.337 e. The molecule has 2 amide bonds. The molecule has 0 aliphatic rings. The van der Waals surface area contributed by atoms with Crippen LogP contribution in [0.2, 0.25) is 0 Å². The fraction of sp³-hybridized carbons (Fsp3) is 0.0667. The van der Waals surface area contributed by atoms with Crippen LogP contribution in [-0.4, -0.2) is 29.9 Å². The zero-order valence-electron chi connectivity index (χ0n) is 11.7. The number of esters is 1. The van der Waals surface area contributed by atoms with Gasteiger partial charge in [0, 0.05) is 5.56 Å². The van der Waals surface area contributed by atoms with Crippen LogP contribution in [0.25, 0.3) is 0 Å². The number of carbonyl (C=O) groups excluding carboxylic acids is 3. The normalized spacial score (nSPS) is 9.86. The summed E-state index contributed by atoms with van der Waals surface area (Å²) in [5.74, 6) is -1.52. The maximum absolute atomic E-state index is 12.1. The molecule has 112 valence electrons. The van der Waals surface area contributed by atoms with Crippen molar-refractivity contribution in [3.05, 3.63) is 59.3 Å². The quantitative estimate of drug-likeness (QED) is 0.824. The fourth-order valence-electron chi connectivity index (χ4n) is 1.74. The molecule has 0 spiro atoms. The van der Waals surface area contributed by atoms with E-state index >= 15 is 0 Å². The molecular weight excluding hydrogens is 286 g/mol. The van der Waals surface area contributed by atoms with Gasteiger partial charge in [-0.15, -0.1) is 0 Å². The van der Waals surface area contributed by atoms with Gasteiger partial charge in [0.1, 0.15) is 11.5 Å². The van der Waals surface area contributed by atoms with Gasteiger partial charge in [-0.05, 0) is 30.3 Å². The summed E-state index contributed by atoms with van der Waals surface area (Å²) in [7, 11) is 1.26. The predicted octanol–water partition coefficient (Wildman–Crippen LogP) is 1.22. The predicted molar refractivity (Wildman–Crippen MR) is 78.5 cm³/mol. The van der Waals surface area contributed by atoms with Gasteiger partial charge in [0.25, 0.3) is 11.8 Å². The summed E-state index contributed by atoms with van der Waals surface area (Å²) in [5.41, 5.74) is 5.69. The summed E-state index contributed by atoms with van der Waals surface area (Å²) in [6, 6.07) is 10.6. The van der Waals surface area contributed by atoms with Gasteiger partial charge in [-0.2, -0.15) is 0 Å². The van der Waals surface area contributed by atoms with Crippen molar-refractivity contribution >= 4 is 23.6 Å².